The minimum Gasteiger partial charge on any atom is -0.253 e. The number of benzene rings is 1. The van der Waals surface area contributed by atoms with Crippen LogP contribution < -0.4 is 0 Å². The van der Waals surface area contributed by atoms with Crippen molar-refractivity contribution in [1.29, 1.82) is 0 Å². The van der Waals surface area contributed by atoms with Crippen LogP contribution in [0.5, 0.6) is 0 Å². The van der Waals surface area contributed by atoms with Gasteiger partial charge in [-0.3, -0.25) is 4.98 Å². The van der Waals surface area contributed by atoms with E-state index in [1.165, 1.54) is 5.39 Å². The molecule has 0 spiro atoms. The fraction of sp³-hybridized carbons (Fsp3) is 0.154. The SMILES string of the molecule is C=C(C)c1ccc2ccc(C)nc2c1. The molecule has 0 aliphatic heterocycles. The van der Waals surface area contributed by atoms with Crippen molar-refractivity contribution in [3.63, 3.8) is 0 Å². The Morgan fingerprint density at radius 1 is 1.21 bits per heavy atom. The maximum Gasteiger partial charge on any atom is 0.0711 e. The van der Waals surface area contributed by atoms with Gasteiger partial charge in [-0.2, -0.15) is 0 Å². The summed E-state index contributed by atoms with van der Waals surface area (Å²) in [5.41, 5.74) is 4.34. The zero-order valence-electron chi connectivity index (χ0n) is 8.54. The molecule has 1 aromatic heterocycles. The summed E-state index contributed by atoms with van der Waals surface area (Å²) in [7, 11) is 0. The molecule has 1 nitrogen and oxygen atoms in total. The van der Waals surface area contributed by atoms with Gasteiger partial charge < -0.3 is 0 Å². The Kier molecular flexibility index (Phi) is 2.08. The molecule has 0 fully saturated rings. The van der Waals surface area contributed by atoms with Crippen LogP contribution in [0.2, 0.25) is 0 Å². The first-order valence-corrected chi connectivity index (χ1v) is 4.70. The van der Waals surface area contributed by atoms with E-state index < -0.39 is 0 Å². The fourth-order valence-corrected chi connectivity index (χ4v) is 1.48. The highest BCUT2D eigenvalue weighted by Crippen LogP contribution is 2.18. The van der Waals surface area contributed by atoms with Crippen molar-refractivity contribution < 1.29 is 0 Å². The van der Waals surface area contributed by atoms with Gasteiger partial charge >= 0.3 is 0 Å². The molecule has 0 saturated heterocycles. The molecule has 0 aliphatic carbocycles. The van der Waals surface area contributed by atoms with E-state index in [4.69, 9.17) is 0 Å². The average Bonchev–Trinajstić information content (AvgIpc) is 2.16. The molecular formula is C13H13N. The minimum atomic E-state index is 1.05. The summed E-state index contributed by atoms with van der Waals surface area (Å²) < 4.78 is 0. The van der Waals surface area contributed by atoms with E-state index in [1.807, 2.05) is 19.9 Å². The lowest BCUT2D eigenvalue weighted by Gasteiger charge is -2.02. The topological polar surface area (TPSA) is 12.9 Å². The second-order valence-corrected chi connectivity index (χ2v) is 3.64. The van der Waals surface area contributed by atoms with Crippen molar-refractivity contribution in [2.75, 3.05) is 0 Å². The summed E-state index contributed by atoms with van der Waals surface area (Å²) in [6, 6.07) is 10.4. The van der Waals surface area contributed by atoms with Gasteiger partial charge in [0.15, 0.2) is 0 Å². The van der Waals surface area contributed by atoms with Crippen LogP contribution in [0.4, 0.5) is 0 Å². The lowest BCUT2D eigenvalue weighted by Crippen LogP contribution is -1.85. The molecule has 0 N–H and O–H groups in total. The third kappa shape index (κ3) is 1.53. The van der Waals surface area contributed by atoms with E-state index >= 15 is 0 Å². The molecule has 1 heteroatoms. The highest BCUT2D eigenvalue weighted by molar-refractivity contribution is 5.82. The van der Waals surface area contributed by atoms with Gasteiger partial charge in [-0.1, -0.05) is 30.4 Å². The molecule has 2 aromatic rings. The van der Waals surface area contributed by atoms with E-state index in [1.54, 1.807) is 0 Å². The van der Waals surface area contributed by atoms with Crippen LogP contribution in [0.3, 0.4) is 0 Å². The third-order valence-electron chi connectivity index (χ3n) is 2.32. The Morgan fingerprint density at radius 2 is 1.93 bits per heavy atom. The van der Waals surface area contributed by atoms with Crippen LogP contribution in [0, 0.1) is 6.92 Å². The molecule has 14 heavy (non-hydrogen) atoms. The molecule has 1 heterocycles. The molecular weight excluding hydrogens is 170 g/mol. The maximum atomic E-state index is 4.48. The summed E-state index contributed by atoms with van der Waals surface area (Å²) in [6.07, 6.45) is 0. The van der Waals surface area contributed by atoms with Crippen molar-refractivity contribution in [3.8, 4) is 0 Å². The highest BCUT2D eigenvalue weighted by Gasteiger charge is 1.98. The smallest absolute Gasteiger partial charge is 0.0711 e. The Bertz CT molecular complexity index is 498. The summed E-state index contributed by atoms with van der Waals surface area (Å²) in [5, 5.41) is 1.18. The van der Waals surface area contributed by atoms with Gasteiger partial charge in [-0.25, -0.2) is 0 Å². The Labute approximate surface area is 84.1 Å². The normalized spacial score (nSPS) is 10.4. The van der Waals surface area contributed by atoms with Gasteiger partial charge in [0.1, 0.15) is 0 Å². The van der Waals surface area contributed by atoms with E-state index in [-0.39, 0.29) is 0 Å². The predicted octanol–water partition coefficient (Wildman–Crippen LogP) is 3.58. The van der Waals surface area contributed by atoms with Crippen LogP contribution >= 0.6 is 0 Å². The maximum absolute atomic E-state index is 4.48. The number of aryl methyl sites for hydroxylation is 1. The summed E-state index contributed by atoms with van der Waals surface area (Å²) in [4.78, 5) is 4.48. The molecule has 0 atom stereocenters. The third-order valence-corrected chi connectivity index (χ3v) is 2.32. The second-order valence-electron chi connectivity index (χ2n) is 3.64. The fourth-order valence-electron chi connectivity index (χ4n) is 1.48. The first-order valence-electron chi connectivity index (χ1n) is 4.70. The highest BCUT2D eigenvalue weighted by atomic mass is 14.7. The van der Waals surface area contributed by atoms with Crippen LogP contribution in [0.15, 0.2) is 36.9 Å². The Morgan fingerprint density at radius 3 is 2.64 bits per heavy atom. The standard InChI is InChI=1S/C13H13N/c1-9(2)12-7-6-11-5-4-10(3)14-13(11)8-12/h4-8H,1H2,2-3H3. The number of allylic oxidation sites excluding steroid dienone is 1. The van der Waals surface area contributed by atoms with E-state index in [2.05, 4.69) is 35.8 Å². The molecule has 2 rings (SSSR count). The molecule has 0 amide bonds. The average molecular weight is 183 g/mol. The monoisotopic (exact) mass is 183 g/mol. The van der Waals surface area contributed by atoms with Crippen molar-refractivity contribution in [2.24, 2.45) is 0 Å². The van der Waals surface area contributed by atoms with Crippen LogP contribution in [-0.4, -0.2) is 4.98 Å². The quantitative estimate of drug-likeness (QED) is 0.658. The number of hydrogen-bond acceptors (Lipinski definition) is 1. The molecule has 0 radical (unpaired) electrons. The number of rotatable bonds is 1. The molecule has 1 aromatic carbocycles. The largest absolute Gasteiger partial charge is 0.253 e. The number of hydrogen-bond donors (Lipinski definition) is 0. The Balaban J connectivity index is 2.69. The van der Waals surface area contributed by atoms with Crippen LogP contribution in [-0.2, 0) is 0 Å². The zero-order valence-corrected chi connectivity index (χ0v) is 8.54. The van der Waals surface area contributed by atoms with Crippen molar-refractivity contribution in [3.05, 3.63) is 48.2 Å². The van der Waals surface area contributed by atoms with Gasteiger partial charge in [0.05, 0.1) is 5.52 Å². The van der Waals surface area contributed by atoms with Crippen molar-refractivity contribution >= 4 is 16.5 Å². The first-order chi connectivity index (χ1) is 6.66. The second kappa shape index (κ2) is 3.26. The van der Waals surface area contributed by atoms with Gasteiger partial charge in [0.25, 0.3) is 0 Å². The number of nitrogens with zero attached hydrogens (tertiary/aromatic N) is 1. The Hall–Kier alpha value is -1.63. The van der Waals surface area contributed by atoms with Gasteiger partial charge in [0.2, 0.25) is 0 Å². The molecule has 0 bridgehead atoms. The number of pyridine rings is 1. The van der Waals surface area contributed by atoms with Crippen molar-refractivity contribution in [2.45, 2.75) is 13.8 Å². The summed E-state index contributed by atoms with van der Waals surface area (Å²) >= 11 is 0. The van der Waals surface area contributed by atoms with Crippen molar-refractivity contribution in [1.82, 2.24) is 4.98 Å². The van der Waals surface area contributed by atoms with Crippen LogP contribution in [0.25, 0.3) is 16.5 Å². The van der Waals surface area contributed by atoms with Gasteiger partial charge in [-0.15, -0.1) is 0 Å². The van der Waals surface area contributed by atoms with E-state index in [9.17, 15) is 0 Å². The van der Waals surface area contributed by atoms with Crippen LogP contribution in [0.1, 0.15) is 18.2 Å². The first kappa shape index (κ1) is 8.95. The van der Waals surface area contributed by atoms with Gasteiger partial charge in [0, 0.05) is 11.1 Å². The lowest BCUT2D eigenvalue weighted by molar-refractivity contribution is 1.25. The minimum absolute atomic E-state index is 1.05. The summed E-state index contributed by atoms with van der Waals surface area (Å²) in [6.45, 7) is 7.94. The van der Waals surface area contributed by atoms with E-state index in [0.29, 0.717) is 0 Å². The summed E-state index contributed by atoms with van der Waals surface area (Å²) in [5.74, 6) is 0. The number of fused-ring (bicyclic) bond motifs is 1. The zero-order chi connectivity index (χ0) is 10.1. The molecule has 0 unspecified atom stereocenters. The molecule has 70 valence electrons. The predicted molar refractivity (Wildman–Crippen MR) is 61.2 cm³/mol. The van der Waals surface area contributed by atoms with E-state index in [0.717, 1.165) is 22.3 Å². The lowest BCUT2D eigenvalue weighted by atomic mass is 10.1. The van der Waals surface area contributed by atoms with Gasteiger partial charge in [-0.05, 0) is 31.5 Å². The molecule has 0 aliphatic rings. The number of aromatic nitrogens is 1. The molecule has 0 saturated carbocycles.